The highest BCUT2D eigenvalue weighted by Gasteiger charge is 2.03. The van der Waals surface area contributed by atoms with Crippen LogP contribution in [-0.2, 0) is 0 Å². The third kappa shape index (κ3) is 2.10. The summed E-state index contributed by atoms with van der Waals surface area (Å²) < 4.78 is 10.5. The first-order valence-corrected chi connectivity index (χ1v) is 4.74. The van der Waals surface area contributed by atoms with Crippen molar-refractivity contribution in [3.8, 4) is 17.1 Å². The number of nitrogen functional groups attached to an aromatic ring is 1. The fourth-order valence-electron chi connectivity index (χ4n) is 1.30. The fourth-order valence-corrected chi connectivity index (χ4v) is 1.30. The van der Waals surface area contributed by atoms with Gasteiger partial charge in [0.1, 0.15) is 5.75 Å². The van der Waals surface area contributed by atoms with Crippen molar-refractivity contribution in [2.45, 2.75) is 6.92 Å². The number of hydrogen-bond acceptors (Lipinski definition) is 4. The van der Waals surface area contributed by atoms with Gasteiger partial charge in [0.05, 0.1) is 12.8 Å². The van der Waals surface area contributed by atoms with Gasteiger partial charge in [0.2, 0.25) is 0 Å². The first kappa shape index (κ1) is 9.58. The summed E-state index contributed by atoms with van der Waals surface area (Å²) in [6.45, 7) is 2.61. The number of nitrogens with two attached hydrogens (primary N) is 1. The van der Waals surface area contributed by atoms with E-state index in [0.29, 0.717) is 12.4 Å². The summed E-state index contributed by atoms with van der Waals surface area (Å²) in [7, 11) is 0. The lowest BCUT2D eigenvalue weighted by atomic mass is 10.2. The molecule has 1 aromatic heterocycles. The Morgan fingerprint density at radius 3 is 2.60 bits per heavy atom. The maximum atomic E-state index is 5.39. The molecule has 15 heavy (non-hydrogen) atoms. The predicted molar refractivity (Wildman–Crippen MR) is 57.5 cm³/mol. The van der Waals surface area contributed by atoms with Crippen molar-refractivity contribution < 1.29 is 9.15 Å². The molecule has 0 aliphatic carbocycles. The maximum absolute atomic E-state index is 5.39. The molecule has 0 unspecified atom stereocenters. The summed E-state index contributed by atoms with van der Waals surface area (Å²) in [5, 5.41) is 0. The topological polar surface area (TPSA) is 61.3 Å². The zero-order valence-electron chi connectivity index (χ0n) is 8.43. The molecule has 0 atom stereocenters. The molecule has 4 heteroatoms. The van der Waals surface area contributed by atoms with Crippen LogP contribution in [0.25, 0.3) is 11.3 Å². The van der Waals surface area contributed by atoms with Crippen molar-refractivity contribution >= 4 is 6.01 Å². The van der Waals surface area contributed by atoms with E-state index in [1.54, 1.807) is 6.20 Å². The van der Waals surface area contributed by atoms with E-state index in [1.807, 2.05) is 31.2 Å². The molecule has 0 saturated heterocycles. The van der Waals surface area contributed by atoms with Gasteiger partial charge in [0.25, 0.3) is 6.01 Å². The Morgan fingerprint density at radius 2 is 2.07 bits per heavy atom. The normalized spacial score (nSPS) is 10.2. The van der Waals surface area contributed by atoms with Gasteiger partial charge in [-0.25, -0.2) is 4.98 Å². The number of anilines is 1. The molecule has 78 valence electrons. The first-order valence-electron chi connectivity index (χ1n) is 4.74. The Balaban J connectivity index is 2.23. The Hall–Kier alpha value is -1.97. The van der Waals surface area contributed by atoms with Gasteiger partial charge >= 0.3 is 0 Å². The van der Waals surface area contributed by atoms with Crippen molar-refractivity contribution in [1.82, 2.24) is 4.98 Å². The number of oxazole rings is 1. The summed E-state index contributed by atoms with van der Waals surface area (Å²) >= 11 is 0. The van der Waals surface area contributed by atoms with Crippen LogP contribution in [0.5, 0.6) is 5.75 Å². The predicted octanol–water partition coefficient (Wildman–Crippen LogP) is 2.32. The lowest BCUT2D eigenvalue weighted by Crippen LogP contribution is -1.90. The van der Waals surface area contributed by atoms with Gasteiger partial charge in [-0.1, -0.05) is 0 Å². The standard InChI is InChI=1S/C11H12N2O2/c1-2-14-9-5-3-8(4-6-9)10-7-13-11(12)15-10/h3-7H,2H2,1H3,(H2,12,13). The monoisotopic (exact) mass is 204 g/mol. The van der Waals surface area contributed by atoms with Gasteiger partial charge < -0.3 is 14.9 Å². The molecule has 0 radical (unpaired) electrons. The summed E-state index contributed by atoms with van der Waals surface area (Å²) in [5.41, 5.74) is 6.32. The zero-order valence-corrected chi connectivity index (χ0v) is 8.43. The molecule has 1 aromatic carbocycles. The van der Waals surface area contributed by atoms with E-state index in [-0.39, 0.29) is 6.01 Å². The van der Waals surface area contributed by atoms with E-state index >= 15 is 0 Å². The largest absolute Gasteiger partial charge is 0.494 e. The molecule has 0 bridgehead atoms. The quantitative estimate of drug-likeness (QED) is 0.833. The van der Waals surface area contributed by atoms with Crippen LogP contribution in [0.15, 0.2) is 34.9 Å². The van der Waals surface area contributed by atoms with Crippen molar-refractivity contribution in [3.05, 3.63) is 30.5 Å². The molecular weight excluding hydrogens is 192 g/mol. The van der Waals surface area contributed by atoms with Crippen LogP contribution >= 0.6 is 0 Å². The van der Waals surface area contributed by atoms with Gasteiger partial charge in [0.15, 0.2) is 5.76 Å². The molecule has 2 N–H and O–H groups in total. The van der Waals surface area contributed by atoms with Crippen molar-refractivity contribution in [2.24, 2.45) is 0 Å². The number of rotatable bonds is 3. The second-order valence-corrected chi connectivity index (χ2v) is 3.02. The second kappa shape index (κ2) is 4.04. The van der Waals surface area contributed by atoms with E-state index in [1.165, 1.54) is 0 Å². The maximum Gasteiger partial charge on any atom is 0.292 e. The number of hydrogen-bond donors (Lipinski definition) is 1. The fraction of sp³-hybridized carbons (Fsp3) is 0.182. The number of nitrogens with zero attached hydrogens (tertiary/aromatic N) is 1. The molecule has 0 saturated carbocycles. The lowest BCUT2D eigenvalue weighted by Gasteiger charge is -2.02. The van der Waals surface area contributed by atoms with E-state index in [2.05, 4.69) is 4.98 Å². The minimum atomic E-state index is 0.180. The molecule has 1 heterocycles. The highest BCUT2D eigenvalue weighted by molar-refractivity contribution is 5.58. The van der Waals surface area contributed by atoms with Crippen LogP contribution in [0.1, 0.15) is 6.92 Å². The molecular formula is C11H12N2O2. The van der Waals surface area contributed by atoms with Crippen LogP contribution in [0, 0.1) is 0 Å². The third-order valence-corrected chi connectivity index (χ3v) is 1.97. The molecule has 2 aromatic rings. The average molecular weight is 204 g/mol. The number of ether oxygens (including phenoxy) is 1. The first-order chi connectivity index (χ1) is 7.29. The van der Waals surface area contributed by atoms with Gasteiger partial charge in [-0.3, -0.25) is 0 Å². The molecule has 0 amide bonds. The highest BCUT2D eigenvalue weighted by Crippen LogP contribution is 2.23. The summed E-state index contributed by atoms with van der Waals surface area (Å²) in [5.74, 6) is 1.50. The van der Waals surface area contributed by atoms with Crippen LogP contribution in [0.2, 0.25) is 0 Å². The molecule has 2 rings (SSSR count). The molecule has 0 aliphatic rings. The van der Waals surface area contributed by atoms with E-state index in [9.17, 15) is 0 Å². The van der Waals surface area contributed by atoms with E-state index in [4.69, 9.17) is 14.9 Å². The third-order valence-electron chi connectivity index (χ3n) is 1.97. The lowest BCUT2D eigenvalue weighted by molar-refractivity contribution is 0.340. The summed E-state index contributed by atoms with van der Waals surface area (Å²) in [4.78, 5) is 3.83. The summed E-state index contributed by atoms with van der Waals surface area (Å²) in [6.07, 6.45) is 1.60. The van der Waals surface area contributed by atoms with Crippen LogP contribution in [0.3, 0.4) is 0 Å². The van der Waals surface area contributed by atoms with Crippen LogP contribution in [0.4, 0.5) is 6.01 Å². The van der Waals surface area contributed by atoms with Crippen LogP contribution in [-0.4, -0.2) is 11.6 Å². The van der Waals surface area contributed by atoms with Gasteiger partial charge in [-0.2, -0.15) is 0 Å². The molecule has 0 fully saturated rings. The Labute approximate surface area is 87.7 Å². The smallest absolute Gasteiger partial charge is 0.292 e. The van der Waals surface area contributed by atoms with Crippen molar-refractivity contribution in [3.63, 3.8) is 0 Å². The van der Waals surface area contributed by atoms with Gasteiger partial charge in [-0.15, -0.1) is 0 Å². The second-order valence-electron chi connectivity index (χ2n) is 3.02. The minimum Gasteiger partial charge on any atom is -0.494 e. The van der Waals surface area contributed by atoms with Crippen LogP contribution < -0.4 is 10.5 Å². The Kier molecular flexibility index (Phi) is 2.58. The molecule has 0 spiro atoms. The Bertz CT molecular complexity index is 434. The van der Waals surface area contributed by atoms with Gasteiger partial charge in [-0.05, 0) is 31.2 Å². The van der Waals surface area contributed by atoms with E-state index in [0.717, 1.165) is 11.3 Å². The average Bonchev–Trinajstić information content (AvgIpc) is 2.67. The van der Waals surface area contributed by atoms with Crippen molar-refractivity contribution in [2.75, 3.05) is 12.3 Å². The number of aromatic nitrogens is 1. The molecule has 4 nitrogen and oxygen atoms in total. The van der Waals surface area contributed by atoms with E-state index < -0.39 is 0 Å². The Morgan fingerprint density at radius 1 is 1.33 bits per heavy atom. The number of benzene rings is 1. The zero-order chi connectivity index (χ0) is 10.7. The van der Waals surface area contributed by atoms with Crippen molar-refractivity contribution in [1.29, 1.82) is 0 Å². The SMILES string of the molecule is CCOc1ccc(-c2cnc(N)o2)cc1. The molecule has 0 aliphatic heterocycles. The summed E-state index contributed by atoms with van der Waals surface area (Å²) in [6, 6.07) is 7.77. The highest BCUT2D eigenvalue weighted by atomic mass is 16.5. The minimum absolute atomic E-state index is 0.180. The van der Waals surface area contributed by atoms with Gasteiger partial charge in [0, 0.05) is 5.56 Å².